The molecule has 2 heterocycles. The van der Waals surface area contributed by atoms with Gasteiger partial charge >= 0.3 is 6.09 Å². The molecule has 0 spiro atoms. The van der Waals surface area contributed by atoms with E-state index in [0.29, 0.717) is 16.8 Å². The summed E-state index contributed by atoms with van der Waals surface area (Å²) in [5.41, 5.74) is 1.02. The molecule has 2 N–H and O–H groups in total. The molecule has 8 heteroatoms. The topological polar surface area (TPSA) is 85.8 Å². The number of carboxylic acid groups (broad SMARTS) is 1. The van der Waals surface area contributed by atoms with Gasteiger partial charge in [-0.3, -0.25) is 14.7 Å². The van der Waals surface area contributed by atoms with Crippen LogP contribution in [0.25, 0.3) is 11.3 Å². The summed E-state index contributed by atoms with van der Waals surface area (Å²) >= 11 is 0. The van der Waals surface area contributed by atoms with E-state index in [0.717, 1.165) is 45.3 Å². The summed E-state index contributed by atoms with van der Waals surface area (Å²) in [6.45, 7) is 8.22. The summed E-state index contributed by atoms with van der Waals surface area (Å²) in [6.07, 6.45) is 4.09. The predicted octanol–water partition coefficient (Wildman–Crippen LogP) is 4.39. The third-order valence-corrected chi connectivity index (χ3v) is 6.75. The van der Waals surface area contributed by atoms with Crippen LogP contribution in [-0.2, 0) is 0 Å². The highest BCUT2D eigenvalue weighted by Crippen LogP contribution is 2.46. The molecule has 0 bridgehead atoms. The zero-order valence-electron chi connectivity index (χ0n) is 20.1. The van der Waals surface area contributed by atoms with Crippen molar-refractivity contribution >= 4 is 12.0 Å². The molecule has 2 aliphatic rings. The Hall–Kier alpha value is -3.00. The van der Waals surface area contributed by atoms with E-state index in [1.165, 1.54) is 18.3 Å². The molecule has 1 aliphatic carbocycles. The quantitative estimate of drug-likeness (QED) is 0.657. The van der Waals surface area contributed by atoms with Crippen LogP contribution in [0.4, 0.5) is 9.18 Å². The van der Waals surface area contributed by atoms with Crippen LogP contribution in [0.15, 0.2) is 42.6 Å². The minimum absolute atomic E-state index is 0.0694. The highest BCUT2D eigenvalue weighted by atomic mass is 19.1. The molecule has 1 aromatic heterocycles. The number of benzene rings is 1. The number of carbonyl (C=O) groups excluding carboxylic acids is 1. The van der Waals surface area contributed by atoms with E-state index in [4.69, 9.17) is 0 Å². The Bertz CT molecular complexity index is 1040. The SMILES string of the molecule is CC(C)(C)N(C(=O)O)C1(CN2CCC(NC(=O)c3ccc(-c4cccc(F)c4)nc3)CC2)CC1. The Balaban J connectivity index is 1.29. The molecule has 2 amide bonds. The van der Waals surface area contributed by atoms with Crippen LogP contribution in [0.3, 0.4) is 0 Å². The van der Waals surface area contributed by atoms with Crippen molar-refractivity contribution in [2.24, 2.45) is 0 Å². The Morgan fingerprint density at radius 1 is 1.21 bits per heavy atom. The lowest BCUT2D eigenvalue weighted by molar-refractivity contribution is 0.0383. The third kappa shape index (κ3) is 5.38. The van der Waals surface area contributed by atoms with Gasteiger partial charge in [-0.1, -0.05) is 12.1 Å². The molecule has 1 saturated heterocycles. The first-order valence-corrected chi connectivity index (χ1v) is 11.9. The van der Waals surface area contributed by atoms with Gasteiger partial charge in [0.25, 0.3) is 5.91 Å². The number of rotatable bonds is 6. The highest BCUT2D eigenvalue weighted by Gasteiger charge is 2.54. The van der Waals surface area contributed by atoms with Gasteiger partial charge in [0.2, 0.25) is 0 Å². The fourth-order valence-electron chi connectivity index (χ4n) is 5.07. The average molecular weight is 469 g/mol. The van der Waals surface area contributed by atoms with Crippen LogP contribution in [0.2, 0.25) is 0 Å². The number of piperidine rings is 1. The van der Waals surface area contributed by atoms with Gasteiger partial charge in [-0.15, -0.1) is 0 Å². The van der Waals surface area contributed by atoms with Gasteiger partial charge in [0.15, 0.2) is 0 Å². The molecule has 0 unspecified atom stereocenters. The van der Waals surface area contributed by atoms with Gasteiger partial charge in [0.05, 0.1) is 16.8 Å². The van der Waals surface area contributed by atoms with Gasteiger partial charge in [-0.25, -0.2) is 9.18 Å². The maximum atomic E-state index is 13.4. The van der Waals surface area contributed by atoms with Gasteiger partial charge < -0.3 is 15.3 Å². The first-order chi connectivity index (χ1) is 16.1. The van der Waals surface area contributed by atoms with Crippen LogP contribution in [0, 0.1) is 5.82 Å². The van der Waals surface area contributed by atoms with Crippen molar-refractivity contribution in [3.05, 3.63) is 54.0 Å². The van der Waals surface area contributed by atoms with E-state index >= 15 is 0 Å². The molecule has 2 fully saturated rings. The minimum atomic E-state index is -0.857. The maximum Gasteiger partial charge on any atom is 0.408 e. The zero-order chi connectivity index (χ0) is 24.5. The fourth-order valence-corrected chi connectivity index (χ4v) is 5.07. The molecule has 0 radical (unpaired) electrons. The Morgan fingerprint density at radius 2 is 1.91 bits per heavy atom. The summed E-state index contributed by atoms with van der Waals surface area (Å²) in [4.78, 5) is 32.9. The van der Waals surface area contributed by atoms with E-state index in [1.807, 2.05) is 20.8 Å². The molecule has 2 aromatic rings. The lowest BCUT2D eigenvalue weighted by Crippen LogP contribution is -2.57. The number of pyridine rings is 1. The minimum Gasteiger partial charge on any atom is -0.465 e. The number of amides is 2. The Kier molecular flexibility index (Phi) is 6.62. The van der Waals surface area contributed by atoms with E-state index < -0.39 is 11.6 Å². The van der Waals surface area contributed by atoms with Crippen LogP contribution < -0.4 is 5.32 Å². The number of carbonyl (C=O) groups is 2. The molecule has 4 rings (SSSR count). The van der Waals surface area contributed by atoms with Crippen molar-refractivity contribution in [2.45, 2.75) is 63.6 Å². The number of hydrogen-bond acceptors (Lipinski definition) is 4. The van der Waals surface area contributed by atoms with E-state index in [1.54, 1.807) is 29.2 Å². The standard InChI is InChI=1S/C26H33FN4O3/c1-25(2,3)31(24(33)34)26(11-12-26)17-30-13-9-21(10-14-30)29-23(32)19-7-8-22(28-16-19)18-5-4-6-20(27)15-18/h4-8,15-16,21H,9-14,17H2,1-3H3,(H,29,32)(H,33,34). The van der Waals surface area contributed by atoms with Crippen molar-refractivity contribution in [3.63, 3.8) is 0 Å². The lowest BCUT2D eigenvalue weighted by Gasteiger charge is -2.43. The van der Waals surface area contributed by atoms with Gasteiger partial charge in [-0.05, 0) is 70.7 Å². The lowest BCUT2D eigenvalue weighted by atomic mass is 9.99. The summed E-state index contributed by atoms with van der Waals surface area (Å²) in [5.74, 6) is -0.491. The van der Waals surface area contributed by atoms with E-state index in [2.05, 4.69) is 15.2 Å². The first-order valence-electron chi connectivity index (χ1n) is 11.9. The Labute approximate surface area is 200 Å². The van der Waals surface area contributed by atoms with E-state index in [-0.39, 0.29) is 23.3 Å². The number of likely N-dealkylation sites (tertiary alicyclic amines) is 1. The monoisotopic (exact) mass is 468 g/mol. The third-order valence-electron chi connectivity index (χ3n) is 6.75. The molecular weight excluding hydrogens is 435 g/mol. The van der Waals surface area contributed by atoms with E-state index in [9.17, 15) is 19.1 Å². The van der Waals surface area contributed by atoms with Crippen molar-refractivity contribution in [1.82, 2.24) is 20.1 Å². The Morgan fingerprint density at radius 3 is 2.44 bits per heavy atom. The number of halogens is 1. The van der Waals surface area contributed by atoms with Gasteiger partial charge in [-0.2, -0.15) is 0 Å². The van der Waals surface area contributed by atoms with Crippen molar-refractivity contribution in [3.8, 4) is 11.3 Å². The highest BCUT2D eigenvalue weighted by molar-refractivity contribution is 5.94. The van der Waals surface area contributed by atoms with Gasteiger partial charge in [0, 0.05) is 43.0 Å². The maximum absolute atomic E-state index is 13.4. The summed E-state index contributed by atoms with van der Waals surface area (Å²) < 4.78 is 13.4. The normalized spacial score (nSPS) is 18.4. The van der Waals surface area contributed by atoms with Crippen LogP contribution in [0.1, 0.15) is 56.8 Å². The molecule has 182 valence electrons. The number of hydrogen-bond donors (Lipinski definition) is 2. The molecule has 1 aliphatic heterocycles. The van der Waals surface area contributed by atoms with Crippen LogP contribution in [-0.4, -0.2) is 68.6 Å². The van der Waals surface area contributed by atoms with Gasteiger partial charge in [0.1, 0.15) is 5.82 Å². The largest absolute Gasteiger partial charge is 0.465 e. The second-order valence-corrected chi connectivity index (χ2v) is 10.5. The molecule has 1 saturated carbocycles. The van der Waals surface area contributed by atoms with Crippen LogP contribution >= 0.6 is 0 Å². The number of nitrogens with zero attached hydrogens (tertiary/aromatic N) is 3. The first kappa shape index (κ1) is 24.1. The van der Waals surface area contributed by atoms with Crippen molar-refractivity contribution in [2.75, 3.05) is 19.6 Å². The molecular formula is C26H33FN4O3. The second-order valence-electron chi connectivity index (χ2n) is 10.5. The molecule has 1 aromatic carbocycles. The second kappa shape index (κ2) is 9.33. The fraction of sp³-hybridized carbons (Fsp3) is 0.500. The number of nitrogens with one attached hydrogen (secondary N) is 1. The van der Waals surface area contributed by atoms with Crippen LogP contribution in [0.5, 0.6) is 0 Å². The summed E-state index contributed by atoms with van der Waals surface area (Å²) in [6, 6.07) is 9.72. The predicted molar refractivity (Wildman–Crippen MR) is 128 cm³/mol. The molecule has 7 nitrogen and oxygen atoms in total. The van der Waals surface area contributed by atoms with Crippen molar-refractivity contribution in [1.29, 1.82) is 0 Å². The average Bonchev–Trinajstić information content (AvgIpc) is 3.53. The summed E-state index contributed by atoms with van der Waals surface area (Å²) in [7, 11) is 0. The smallest absolute Gasteiger partial charge is 0.408 e. The summed E-state index contributed by atoms with van der Waals surface area (Å²) in [5, 5.41) is 12.9. The zero-order valence-corrected chi connectivity index (χ0v) is 20.1. The molecule has 34 heavy (non-hydrogen) atoms. The van der Waals surface area contributed by atoms with Crippen molar-refractivity contribution < 1.29 is 19.1 Å². The number of aromatic nitrogens is 1. The molecule has 0 atom stereocenters.